The van der Waals surface area contributed by atoms with Crippen LogP contribution in [0.15, 0.2) is 54.9 Å². The highest BCUT2D eigenvalue weighted by atomic mass is 16.5. The van der Waals surface area contributed by atoms with E-state index in [1.807, 2.05) is 18.5 Å². The predicted molar refractivity (Wildman–Crippen MR) is 120 cm³/mol. The normalized spacial score (nSPS) is 16.9. The molecule has 2 heterocycles. The Bertz CT molecular complexity index is 671. The van der Waals surface area contributed by atoms with Gasteiger partial charge in [0.15, 0.2) is 0 Å². The van der Waals surface area contributed by atoms with Gasteiger partial charge in [-0.2, -0.15) is 0 Å². The molecule has 3 rings (SSSR count). The van der Waals surface area contributed by atoms with Gasteiger partial charge in [0.25, 0.3) is 0 Å². The molecule has 1 aromatic carbocycles. The summed E-state index contributed by atoms with van der Waals surface area (Å²) in [5.74, 6) is 0.719. The summed E-state index contributed by atoms with van der Waals surface area (Å²) in [4.78, 5) is 9.62. The molecular weight excluding hydrogens is 358 g/mol. The van der Waals surface area contributed by atoms with E-state index in [2.05, 4.69) is 58.1 Å². The van der Waals surface area contributed by atoms with Gasteiger partial charge in [0.05, 0.1) is 6.61 Å². The molecule has 1 saturated heterocycles. The van der Waals surface area contributed by atoms with Crippen LogP contribution in [0, 0.1) is 5.92 Å². The van der Waals surface area contributed by atoms with Crippen LogP contribution in [0.5, 0.6) is 0 Å². The van der Waals surface area contributed by atoms with Crippen molar-refractivity contribution in [3.8, 4) is 0 Å². The molecule has 2 aromatic rings. The number of hydrogen-bond acceptors (Lipinski definition) is 4. The van der Waals surface area contributed by atoms with Gasteiger partial charge in [-0.05, 0) is 68.4 Å². The summed E-state index contributed by atoms with van der Waals surface area (Å²) in [6.07, 6.45) is 8.78. The predicted octanol–water partition coefficient (Wildman–Crippen LogP) is 4.26. The van der Waals surface area contributed by atoms with Gasteiger partial charge in [-0.3, -0.25) is 9.88 Å². The Morgan fingerprint density at radius 3 is 2.52 bits per heavy atom. The minimum absolute atomic E-state index is 0.525. The van der Waals surface area contributed by atoms with Crippen molar-refractivity contribution in [3.05, 3.63) is 66.0 Å². The number of ether oxygens (including phenoxy) is 1. The van der Waals surface area contributed by atoms with Crippen molar-refractivity contribution in [2.75, 3.05) is 39.9 Å². The third kappa shape index (κ3) is 6.91. The third-order valence-electron chi connectivity index (χ3n) is 6.16. The van der Waals surface area contributed by atoms with Gasteiger partial charge < -0.3 is 9.64 Å². The van der Waals surface area contributed by atoms with Gasteiger partial charge in [-0.25, -0.2) is 0 Å². The molecule has 29 heavy (non-hydrogen) atoms. The summed E-state index contributed by atoms with van der Waals surface area (Å²) < 4.78 is 5.48. The molecule has 0 spiro atoms. The molecule has 0 unspecified atom stereocenters. The van der Waals surface area contributed by atoms with Crippen LogP contribution in [0.1, 0.15) is 37.3 Å². The van der Waals surface area contributed by atoms with Crippen LogP contribution in [0.2, 0.25) is 0 Å². The molecule has 158 valence electrons. The molecule has 1 aliphatic heterocycles. The SMILES string of the molecule is CCCN1CCC([C@H](Cc2ccccc2)N(CCOC)Cc2cccnc2)CC1. The Balaban J connectivity index is 1.78. The van der Waals surface area contributed by atoms with Gasteiger partial charge in [0.1, 0.15) is 0 Å². The molecule has 0 aliphatic carbocycles. The lowest BCUT2D eigenvalue weighted by molar-refractivity contribution is 0.0586. The lowest BCUT2D eigenvalue weighted by atomic mass is 9.84. The minimum Gasteiger partial charge on any atom is -0.383 e. The molecule has 4 nitrogen and oxygen atoms in total. The largest absolute Gasteiger partial charge is 0.383 e. The first-order valence-electron chi connectivity index (χ1n) is 11.2. The zero-order chi connectivity index (χ0) is 20.3. The van der Waals surface area contributed by atoms with Crippen LogP contribution in [0.3, 0.4) is 0 Å². The van der Waals surface area contributed by atoms with Crippen molar-refractivity contribution >= 4 is 0 Å². The maximum atomic E-state index is 5.48. The fourth-order valence-electron chi connectivity index (χ4n) is 4.62. The number of nitrogens with zero attached hydrogens (tertiary/aromatic N) is 3. The third-order valence-corrected chi connectivity index (χ3v) is 6.16. The van der Waals surface area contributed by atoms with Crippen LogP contribution in [-0.2, 0) is 17.7 Å². The van der Waals surface area contributed by atoms with Crippen LogP contribution >= 0.6 is 0 Å². The maximum Gasteiger partial charge on any atom is 0.0589 e. The van der Waals surface area contributed by atoms with Crippen molar-refractivity contribution < 1.29 is 4.74 Å². The van der Waals surface area contributed by atoms with E-state index in [1.54, 1.807) is 7.11 Å². The van der Waals surface area contributed by atoms with Crippen molar-refractivity contribution in [2.45, 2.75) is 45.2 Å². The fourth-order valence-corrected chi connectivity index (χ4v) is 4.62. The number of pyridine rings is 1. The fraction of sp³-hybridized carbons (Fsp3) is 0.560. The molecule has 0 amide bonds. The average Bonchev–Trinajstić information content (AvgIpc) is 2.77. The Morgan fingerprint density at radius 2 is 1.86 bits per heavy atom. The Morgan fingerprint density at radius 1 is 1.10 bits per heavy atom. The van der Waals surface area contributed by atoms with E-state index in [4.69, 9.17) is 4.74 Å². The molecule has 1 atom stereocenters. The Kier molecular flexibility index (Phi) is 9.13. The summed E-state index contributed by atoms with van der Waals surface area (Å²) >= 11 is 0. The van der Waals surface area contributed by atoms with E-state index in [0.29, 0.717) is 6.04 Å². The van der Waals surface area contributed by atoms with Gasteiger partial charge in [-0.1, -0.05) is 43.3 Å². The highest BCUT2D eigenvalue weighted by molar-refractivity contribution is 5.17. The van der Waals surface area contributed by atoms with Gasteiger partial charge >= 0.3 is 0 Å². The standard InChI is InChI=1S/C25H37N3O/c1-3-14-27-15-11-24(12-16-27)25(19-22-8-5-4-6-9-22)28(17-18-29-2)21-23-10-7-13-26-20-23/h4-10,13,20,24-25H,3,11-12,14-19,21H2,1-2H3/t25-/m0/s1. The zero-order valence-corrected chi connectivity index (χ0v) is 18.2. The first kappa shape index (κ1) is 21.9. The summed E-state index contributed by atoms with van der Waals surface area (Å²) in [7, 11) is 1.80. The summed E-state index contributed by atoms with van der Waals surface area (Å²) in [5.41, 5.74) is 2.71. The number of hydrogen-bond donors (Lipinski definition) is 0. The number of rotatable bonds is 11. The number of methoxy groups -OCH3 is 1. The van der Waals surface area contributed by atoms with E-state index in [0.717, 1.165) is 32.0 Å². The second-order valence-corrected chi connectivity index (χ2v) is 8.26. The van der Waals surface area contributed by atoms with Crippen LogP contribution in [0.4, 0.5) is 0 Å². The molecule has 0 bridgehead atoms. The van der Waals surface area contributed by atoms with E-state index < -0.39 is 0 Å². The lowest BCUT2D eigenvalue weighted by Gasteiger charge is -2.41. The molecule has 1 fully saturated rings. The topological polar surface area (TPSA) is 28.6 Å². The van der Waals surface area contributed by atoms with Crippen molar-refractivity contribution in [1.29, 1.82) is 0 Å². The summed E-state index contributed by atoms with van der Waals surface area (Å²) in [6, 6.07) is 15.7. The number of piperidine rings is 1. The number of benzene rings is 1. The summed E-state index contributed by atoms with van der Waals surface area (Å²) in [5, 5.41) is 0. The molecule has 0 saturated carbocycles. The van der Waals surface area contributed by atoms with Crippen LogP contribution in [-0.4, -0.2) is 60.7 Å². The van der Waals surface area contributed by atoms with E-state index in [-0.39, 0.29) is 0 Å². The Hall–Kier alpha value is -1.75. The smallest absolute Gasteiger partial charge is 0.0589 e. The lowest BCUT2D eigenvalue weighted by Crippen LogP contribution is -2.47. The maximum absolute atomic E-state index is 5.48. The van der Waals surface area contributed by atoms with Crippen molar-refractivity contribution in [2.24, 2.45) is 5.92 Å². The van der Waals surface area contributed by atoms with Gasteiger partial charge in [-0.15, -0.1) is 0 Å². The van der Waals surface area contributed by atoms with E-state index in [9.17, 15) is 0 Å². The van der Waals surface area contributed by atoms with Crippen LogP contribution < -0.4 is 0 Å². The van der Waals surface area contributed by atoms with Gasteiger partial charge in [0, 0.05) is 38.6 Å². The average molecular weight is 396 g/mol. The first-order chi connectivity index (χ1) is 14.3. The molecular formula is C25H37N3O. The number of likely N-dealkylation sites (tertiary alicyclic amines) is 1. The molecule has 1 aromatic heterocycles. The monoisotopic (exact) mass is 395 g/mol. The summed E-state index contributed by atoms with van der Waals surface area (Å²) in [6.45, 7) is 8.63. The molecule has 0 N–H and O–H groups in total. The van der Waals surface area contributed by atoms with E-state index >= 15 is 0 Å². The highest BCUT2D eigenvalue weighted by Crippen LogP contribution is 2.28. The minimum atomic E-state index is 0.525. The number of aromatic nitrogens is 1. The first-order valence-corrected chi connectivity index (χ1v) is 11.2. The zero-order valence-electron chi connectivity index (χ0n) is 18.2. The molecule has 0 radical (unpaired) electrons. The van der Waals surface area contributed by atoms with E-state index in [1.165, 1.54) is 50.0 Å². The second kappa shape index (κ2) is 12.1. The highest BCUT2D eigenvalue weighted by Gasteiger charge is 2.30. The van der Waals surface area contributed by atoms with Crippen molar-refractivity contribution in [3.63, 3.8) is 0 Å². The Labute approximate surface area is 176 Å². The van der Waals surface area contributed by atoms with Crippen molar-refractivity contribution in [1.82, 2.24) is 14.8 Å². The molecule has 4 heteroatoms. The van der Waals surface area contributed by atoms with Gasteiger partial charge in [0.2, 0.25) is 0 Å². The quantitative estimate of drug-likeness (QED) is 0.568. The second-order valence-electron chi connectivity index (χ2n) is 8.26. The van der Waals surface area contributed by atoms with Crippen LogP contribution in [0.25, 0.3) is 0 Å². The molecule has 1 aliphatic rings.